The minimum absolute atomic E-state index is 0.394. The maximum atomic E-state index is 12.5. The highest BCUT2D eigenvalue weighted by atomic mass is 32.2. The lowest BCUT2D eigenvalue weighted by atomic mass is 10.00. The second-order valence-electron chi connectivity index (χ2n) is 7.07. The van der Waals surface area contributed by atoms with E-state index < -0.39 is 11.2 Å². The number of pyridine rings is 1. The van der Waals surface area contributed by atoms with Crippen molar-refractivity contribution in [3.8, 4) is 27.8 Å². The fourth-order valence-electron chi connectivity index (χ4n) is 3.30. The molecule has 1 atom stereocenters. The van der Waals surface area contributed by atoms with E-state index in [2.05, 4.69) is 6.07 Å². The second kappa shape index (κ2) is 9.79. The molecule has 2 aromatic carbocycles. The number of hydroxylamine groups is 1. The van der Waals surface area contributed by atoms with Gasteiger partial charge in [-0.15, -0.1) is 11.3 Å². The number of hydrogen-bond acceptors (Lipinski definition) is 6. The predicted octanol–water partition coefficient (Wildman–Crippen LogP) is 6.00. The lowest BCUT2D eigenvalue weighted by Crippen LogP contribution is -2.24. The van der Waals surface area contributed by atoms with Crippen LogP contribution in [-0.2, 0) is 4.79 Å². The van der Waals surface area contributed by atoms with Crippen molar-refractivity contribution in [2.75, 3.05) is 0 Å². The Bertz CT molecular complexity index is 1270. The molecule has 4 rings (SSSR count). The number of thioether (sulfide) groups is 1. The Morgan fingerprint density at radius 1 is 1.12 bits per heavy atom. The zero-order chi connectivity index (χ0) is 22.5. The first kappa shape index (κ1) is 21.8. The number of carbonyl (C=O) groups is 1. The molecule has 32 heavy (non-hydrogen) atoms. The Labute approximate surface area is 194 Å². The van der Waals surface area contributed by atoms with E-state index in [-0.39, 0.29) is 0 Å². The third-order valence-electron chi connectivity index (χ3n) is 4.91. The minimum atomic E-state index is -0.773. The van der Waals surface area contributed by atoms with Gasteiger partial charge in [0.25, 0.3) is 5.91 Å². The molecule has 7 heteroatoms. The normalized spacial score (nSPS) is 11.5. The summed E-state index contributed by atoms with van der Waals surface area (Å²) in [6, 6.07) is 25.2. The van der Waals surface area contributed by atoms with Gasteiger partial charge in [-0.3, -0.25) is 10.0 Å². The molecule has 1 unspecified atom stereocenters. The fourth-order valence-corrected chi connectivity index (χ4v) is 5.08. The average molecular weight is 458 g/mol. The molecule has 0 aliphatic rings. The maximum absolute atomic E-state index is 12.5. The molecular formula is C25H19N3O2S2. The Morgan fingerprint density at radius 3 is 2.50 bits per heavy atom. The molecule has 158 valence electrons. The van der Waals surface area contributed by atoms with Crippen LogP contribution in [0.25, 0.3) is 21.7 Å². The molecule has 2 N–H and O–H groups in total. The van der Waals surface area contributed by atoms with Crippen LogP contribution in [0.1, 0.15) is 21.9 Å². The lowest BCUT2D eigenvalue weighted by Gasteiger charge is -2.17. The molecule has 0 aliphatic heterocycles. The molecule has 0 bridgehead atoms. The van der Waals surface area contributed by atoms with E-state index >= 15 is 0 Å². The first-order valence-corrected chi connectivity index (χ1v) is 11.6. The van der Waals surface area contributed by atoms with Crippen molar-refractivity contribution < 1.29 is 10.0 Å². The van der Waals surface area contributed by atoms with Crippen LogP contribution in [0.15, 0.2) is 83.2 Å². The van der Waals surface area contributed by atoms with E-state index in [0.29, 0.717) is 16.2 Å². The van der Waals surface area contributed by atoms with Gasteiger partial charge >= 0.3 is 0 Å². The number of rotatable bonds is 6. The standard InChI is InChI=1S/C25H19N3O2S2/c1-16-9-11-17(12-10-16)19-14-21(22-8-5-13-31-22)27-25(20(19)15-26)32-23(24(29)28-30)18-6-3-2-4-7-18/h2-14,23,30H,1H3,(H,28,29). The summed E-state index contributed by atoms with van der Waals surface area (Å²) >= 11 is 2.70. The van der Waals surface area contributed by atoms with Gasteiger partial charge < -0.3 is 0 Å². The van der Waals surface area contributed by atoms with E-state index in [9.17, 15) is 15.3 Å². The smallest absolute Gasteiger partial charge is 0.261 e. The van der Waals surface area contributed by atoms with Crippen molar-refractivity contribution in [1.29, 1.82) is 5.26 Å². The number of nitrogens with zero attached hydrogens (tertiary/aromatic N) is 2. The van der Waals surface area contributed by atoms with Gasteiger partial charge in [0.05, 0.1) is 16.1 Å². The van der Waals surface area contributed by atoms with Crippen molar-refractivity contribution >= 4 is 29.0 Å². The van der Waals surface area contributed by atoms with E-state index in [1.165, 1.54) is 0 Å². The highest BCUT2D eigenvalue weighted by Crippen LogP contribution is 2.41. The topological polar surface area (TPSA) is 86.0 Å². The van der Waals surface area contributed by atoms with Crippen LogP contribution in [0, 0.1) is 18.3 Å². The monoisotopic (exact) mass is 457 g/mol. The molecule has 0 radical (unpaired) electrons. The molecule has 0 spiro atoms. The van der Waals surface area contributed by atoms with Gasteiger partial charge in [-0.2, -0.15) is 5.26 Å². The zero-order valence-electron chi connectivity index (χ0n) is 17.1. The molecule has 0 aliphatic carbocycles. The van der Waals surface area contributed by atoms with Gasteiger partial charge in [-0.25, -0.2) is 10.5 Å². The van der Waals surface area contributed by atoms with E-state index in [1.807, 2.05) is 85.1 Å². The Morgan fingerprint density at radius 2 is 1.88 bits per heavy atom. The van der Waals surface area contributed by atoms with Gasteiger partial charge in [0.15, 0.2) is 0 Å². The summed E-state index contributed by atoms with van der Waals surface area (Å²) in [6.07, 6.45) is 0. The minimum Gasteiger partial charge on any atom is -0.289 e. The van der Waals surface area contributed by atoms with E-state index in [4.69, 9.17) is 4.98 Å². The second-order valence-corrected chi connectivity index (χ2v) is 9.12. The van der Waals surface area contributed by atoms with Crippen molar-refractivity contribution in [3.05, 3.63) is 94.9 Å². The van der Waals surface area contributed by atoms with Crippen LogP contribution in [0.5, 0.6) is 0 Å². The Kier molecular flexibility index (Phi) is 6.66. The quantitative estimate of drug-likeness (QED) is 0.211. The van der Waals surface area contributed by atoms with Crippen LogP contribution < -0.4 is 5.48 Å². The number of thiophene rings is 1. The highest BCUT2D eigenvalue weighted by molar-refractivity contribution is 8.00. The SMILES string of the molecule is Cc1ccc(-c2cc(-c3cccs3)nc(SC(C(=O)NO)c3ccccc3)c2C#N)cc1. The van der Waals surface area contributed by atoms with Gasteiger partial charge in [0.2, 0.25) is 0 Å². The summed E-state index contributed by atoms with van der Waals surface area (Å²) in [5, 5.41) is 21.0. The van der Waals surface area contributed by atoms with Crippen LogP contribution in [0.3, 0.4) is 0 Å². The molecule has 4 aromatic rings. The van der Waals surface area contributed by atoms with Crippen LogP contribution >= 0.6 is 23.1 Å². The maximum Gasteiger partial charge on any atom is 0.261 e. The van der Waals surface area contributed by atoms with Crippen LogP contribution in [-0.4, -0.2) is 16.1 Å². The number of hydrogen-bond donors (Lipinski definition) is 2. The van der Waals surface area contributed by atoms with Gasteiger partial charge in [0.1, 0.15) is 16.3 Å². The average Bonchev–Trinajstić information content (AvgIpc) is 3.37. The van der Waals surface area contributed by atoms with Crippen LogP contribution in [0.2, 0.25) is 0 Å². The summed E-state index contributed by atoms with van der Waals surface area (Å²) in [5.74, 6) is -0.578. The first-order valence-electron chi connectivity index (χ1n) is 9.82. The molecule has 0 saturated heterocycles. The summed E-state index contributed by atoms with van der Waals surface area (Å²) in [4.78, 5) is 18.3. The Hall–Kier alpha value is -3.44. The first-order chi connectivity index (χ1) is 15.6. The molecule has 0 fully saturated rings. The predicted molar refractivity (Wildman–Crippen MR) is 127 cm³/mol. The molecule has 2 aromatic heterocycles. The van der Waals surface area contributed by atoms with Crippen LogP contribution in [0.4, 0.5) is 0 Å². The van der Waals surface area contributed by atoms with Gasteiger partial charge in [-0.05, 0) is 35.6 Å². The number of nitrogens with one attached hydrogen (secondary N) is 1. The molecule has 2 heterocycles. The summed E-state index contributed by atoms with van der Waals surface area (Å²) in [7, 11) is 0. The largest absolute Gasteiger partial charge is 0.289 e. The Balaban J connectivity index is 1.89. The molecule has 0 saturated carbocycles. The number of aryl methyl sites for hydroxylation is 1. The number of benzene rings is 2. The molecule has 1 amide bonds. The van der Waals surface area contributed by atoms with E-state index in [1.54, 1.807) is 16.8 Å². The number of amides is 1. The van der Waals surface area contributed by atoms with E-state index in [0.717, 1.165) is 39.0 Å². The zero-order valence-corrected chi connectivity index (χ0v) is 18.8. The van der Waals surface area contributed by atoms with Crippen molar-refractivity contribution in [3.63, 3.8) is 0 Å². The molecular weight excluding hydrogens is 438 g/mol. The summed E-state index contributed by atoms with van der Waals surface area (Å²) < 4.78 is 0. The molecule has 5 nitrogen and oxygen atoms in total. The number of aromatic nitrogens is 1. The summed E-state index contributed by atoms with van der Waals surface area (Å²) in [5.41, 5.74) is 6.35. The number of nitriles is 1. The third-order valence-corrected chi connectivity index (χ3v) is 7.05. The fraction of sp³-hybridized carbons (Fsp3) is 0.0800. The van der Waals surface area contributed by atoms with Crippen molar-refractivity contribution in [2.45, 2.75) is 17.2 Å². The third kappa shape index (κ3) is 4.58. The van der Waals surface area contributed by atoms with Crippen molar-refractivity contribution in [1.82, 2.24) is 10.5 Å². The van der Waals surface area contributed by atoms with Gasteiger partial charge in [-0.1, -0.05) is 78.0 Å². The lowest BCUT2D eigenvalue weighted by molar-refractivity contribution is -0.128. The van der Waals surface area contributed by atoms with Gasteiger partial charge in [0, 0.05) is 5.56 Å². The number of carbonyl (C=O) groups excluding carboxylic acids is 1. The van der Waals surface area contributed by atoms with Crippen molar-refractivity contribution in [2.24, 2.45) is 0 Å². The summed E-state index contributed by atoms with van der Waals surface area (Å²) in [6.45, 7) is 2.01. The highest BCUT2D eigenvalue weighted by Gasteiger charge is 2.26.